The molecule has 1 N–H and O–H groups in total. The van der Waals surface area contributed by atoms with Crippen LogP contribution in [0.2, 0.25) is 0 Å². The molecule has 10 nitrogen and oxygen atoms in total. The molecule has 0 unspecified atom stereocenters. The molecule has 174 valence electrons. The molecule has 1 aliphatic rings. The first-order chi connectivity index (χ1) is 15.1. The van der Waals surface area contributed by atoms with Crippen molar-refractivity contribution in [3.63, 3.8) is 0 Å². The number of amides is 2. The molecule has 2 amide bonds. The number of nitrogens with zero attached hydrogens (tertiary/aromatic N) is 4. The molecule has 1 aromatic carbocycles. The van der Waals surface area contributed by atoms with Crippen LogP contribution in [0, 0.1) is 0 Å². The van der Waals surface area contributed by atoms with E-state index in [4.69, 9.17) is 15.0 Å². The summed E-state index contributed by atoms with van der Waals surface area (Å²) >= 11 is 0. The maximum Gasteiger partial charge on any atom is 0.422 e. The van der Waals surface area contributed by atoms with Crippen LogP contribution in [0.15, 0.2) is 24.3 Å². The first-order valence-corrected chi connectivity index (χ1v) is 10.6. The van der Waals surface area contributed by atoms with Gasteiger partial charge in [-0.05, 0) is 45.4 Å². The molecule has 10 heteroatoms. The zero-order valence-electron chi connectivity index (χ0n) is 19.1. The molecule has 0 radical (unpaired) electrons. The molecule has 1 saturated heterocycles. The molecule has 0 spiro atoms. The summed E-state index contributed by atoms with van der Waals surface area (Å²) in [7, 11) is 0. The Kier molecular flexibility index (Phi) is 8.92. The van der Waals surface area contributed by atoms with Gasteiger partial charge in [-0.15, -0.1) is 0 Å². The lowest BCUT2D eigenvalue weighted by Crippen LogP contribution is -2.52. The summed E-state index contributed by atoms with van der Waals surface area (Å²) in [6.45, 7) is 10.1. The van der Waals surface area contributed by atoms with Crippen molar-refractivity contribution in [1.82, 2.24) is 15.1 Å². The molecule has 0 atom stereocenters. The normalized spacial score (nSPS) is 14.3. The van der Waals surface area contributed by atoms with Gasteiger partial charge in [-0.1, -0.05) is 12.1 Å². The predicted octanol–water partition coefficient (Wildman–Crippen LogP) is 1.44. The highest BCUT2D eigenvalue weighted by molar-refractivity contribution is 6.40. The first-order valence-electron chi connectivity index (χ1n) is 10.6. The molecule has 1 aromatic rings. The van der Waals surface area contributed by atoms with E-state index in [1.165, 1.54) is 0 Å². The Labute approximate surface area is 188 Å². The average Bonchev–Trinajstić information content (AvgIpc) is 2.73. The number of hydrogen-bond acceptors (Lipinski definition) is 6. The van der Waals surface area contributed by atoms with Gasteiger partial charge in [-0.2, -0.15) is 4.79 Å². The third kappa shape index (κ3) is 7.79. The topological polar surface area (TPSA) is 125 Å². The van der Waals surface area contributed by atoms with Crippen molar-refractivity contribution in [2.45, 2.75) is 39.8 Å². The minimum atomic E-state index is -0.706. The molecule has 0 bridgehead atoms. The third-order valence-corrected chi connectivity index (χ3v) is 4.68. The van der Waals surface area contributed by atoms with Gasteiger partial charge in [0, 0.05) is 32.7 Å². The Balaban J connectivity index is 1.77. The summed E-state index contributed by atoms with van der Waals surface area (Å²) in [6.07, 6.45) is -0.331. The van der Waals surface area contributed by atoms with Crippen LogP contribution in [0.5, 0.6) is 0 Å². The number of carbonyl (C=O) groups is 3. The molecule has 1 fully saturated rings. The van der Waals surface area contributed by atoms with E-state index in [-0.39, 0.29) is 30.9 Å². The number of nitrogens with one attached hydrogen (secondary N) is 1. The van der Waals surface area contributed by atoms with Crippen molar-refractivity contribution < 1.29 is 28.6 Å². The van der Waals surface area contributed by atoms with E-state index in [9.17, 15) is 14.4 Å². The van der Waals surface area contributed by atoms with Crippen molar-refractivity contribution in [1.29, 1.82) is 0 Å². The monoisotopic (exact) mass is 445 g/mol. The number of benzene rings is 1. The van der Waals surface area contributed by atoms with Crippen molar-refractivity contribution in [2.24, 2.45) is 0 Å². The number of rotatable bonds is 7. The molecule has 32 heavy (non-hydrogen) atoms. The zero-order valence-corrected chi connectivity index (χ0v) is 19.1. The lowest BCUT2D eigenvalue weighted by molar-refractivity contribution is -0.139. The van der Waals surface area contributed by atoms with Crippen molar-refractivity contribution in [3.05, 3.63) is 40.9 Å². The number of carbonyl (C=O) groups excluding carboxylic acids is 3. The highest BCUT2D eigenvalue weighted by Gasteiger charge is 2.27. The molecule has 0 aliphatic carbocycles. The van der Waals surface area contributed by atoms with E-state index < -0.39 is 11.6 Å². The lowest BCUT2D eigenvalue weighted by Gasteiger charge is -2.35. The molecule has 2 rings (SSSR count). The summed E-state index contributed by atoms with van der Waals surface area (Å²) in [5, 5.41) is 2.86. The Morgan fingerprint density at radius 1 is 1.09 bits per heavy atom. The fourth-order valence-electron chi connectivity index (χ4n) is 3.07. The number of ether oxygens (including phenoxy) is 2. The van der Waals surface area contributed by atoms with Gasteiger partial charge in [-0.25, -0.2) is 9.59 Å². The highest BCUT2D eigenvalue weighted by atomic mass is 16.6. The average molecular weight is 446 g/mol. The van der Waals surface area contributed by atoms with E-state index in [1.54, 1.807) is 36.1 Å². The molecule has 1 heterocycles. The second-order valence-electron chi connectivity index (χ2n) is 8.39. The van der Waals surface area contributed by atoms with Gasteiger partial charge < -0.3 is 25.2 Å². The van der Waals surface area contributed by atoms with Crippen LogP contribution < -0.4 is 5.32 Å². The van der Waals surface area contributed by atoms with Gasteiger partial charge in [-0.3, -0.25) is 9.69 Å². The fraction of sp³-hybridized carbons (Fsp3) is 0.545. The molecule has 0 aromatic heterocycles. The van der Waals surface area contributed by atoms with Gasteiger partial charge >= 0.3 is 17.8 Å². The summed E-state index contributed by atoms with van der Waals surface area (Å²) in [4.78, 5) is 42.9. The van der Waals surface area contributed by atoms with Crippen LogP contribution in [-0.2, 0) is 25.6 Å². The largest absolute Gasteiger partial charge is 0.457 e. The van der Waals surface area contributed by atoms with Gasteiger partial charge in [0.25, 0.3) is 0 Å². The summed E-state index contributed by atoms with van der Waals surface area (Å²) in [5.41, 5.74) is 9.62. The van der Waals surface area contributed by atoms with Crippen LogP contribution in [0.25, 0.3) is 5.53 Å². The summed E-state index contributed by atoms with van der Waals surface area (Å²) in [5.74, 6) is -0.827. The summed E-state index contributed by atoms with van der Waals surface area (Å²) in [6, 6.07) is 6.73. The van der Waals surface area contributed by atoms with Gasteiger partial charge in [0.05, 0.1) is 18.7 Å². The van der Waals surface area contributed by atoms with E-state index in [0.717, 1.165) is 5.56 Å². The zero-order chi connectivity index (χ0) is 23.7. The standard InChI is InChI=1S/C22H31N5O5/c1-5-31-20(29)19(25-23)17-8-6-16(7-9-17)14-24-18(28)15-26-10-12-27(13-11-26)21(30)32-22(2,3)4/h6-9H,5,10-15H2,1-4H3,(H,24,28). The maximum atomic E-state index is 12.3. The number of esters is 1. The number of piperazine rings is 1. The van der Waals surface area contributed by atoms with Gasteiger partial charge in [0.1, 0.15) is 5.60 Å². The number of hydrogen-bond donors (Lipinski definition) is 1. The van der Waals surface area contributed by atoms with Crippen LogP contribution in [-0.4, -0.2) is 83.2 Å². The molecular weight excluding hydrogens is 414 g/mol. The Hall–Kier alpha value is -3.23. The van der Waals surface area contributed by atoms with Crippen LogP contribution >= 0.6 is 0 Å². The lowest BCUT2D eigenvalue weighted by atomic mass is 10.1. The predicted molar refractivity (Wildman–Crippen MR) is 117 cm³/mol. The van der Waals surface area contributed by atoms with Crippen molar-refractivity contribution in [2.75, 3.05) is 39.3 Å². The van der Waals surface area contributed by atoms with E-state index in [1.807, 2.05) is 25.7 Å². The van der Waals surface area contributed by atoms with Crippen molar-refractivity contribution in [3.8, 4) is 0 Å². The summed E-state index contributed by atoms with van der Waals surface area (Å²) < 4.78 is 10.2. The quantitative estimate of drug-likeness (QED) is 0.293. The highest BCUT2D eigenvalue weighted by Crippen LogP contribution is 2.12. The Bertz CT molecular complexity index is 864. The van der Waals surface area contributed by atoms with Crippen LogP contribution in [0.4, 0.5) is 4.79 Å². The van der Waals surface area contributed by atoms with E-state index in [0.29, 0.717) is 38.3 Å². The SMILES string of the molecule is CCOC(=O)C(=[N+]=[N-])c1ccc(CNC(=O)CN2CCN(C(=O)OC(C)(C)C)CC2)cc1. The second-order valence-corrected chi connectivity index (χ2v) is 8.39. The van der Waals surface area contributed by atoms with Gasteiger partial charge in [0.2, 0.25) is 5.91 Å². The Morgan fingerprint density at radius 2 is 1.72 bits per heavy atom. The third-order valence-electron chi connectivity index (χ3n) is 4.68. The molecule has 1 aliphatic heterocycles. The molecule has 0 saturated carbocycles. The van der Waals surface area contributed by atoms with Crippen molar-refractivity contribution >= 4 is 23.7 Å². The smallest absolute Gasteiger partial charge is 0.422 e. The van der Waals surface area contributed by atoms with Gasteiger partial charge in [0.15, 0.2) is 0 Å². The van der Waals surface area contributed by atoms with Crippen LogP contribution in [0.1, 0.15) is 38.8 Å². The fourth-order valence-corrected chi connectivity index (χ4v) is 3.07. The second kappa shape index (κ2) is 11.4. The first kappa shape index (κ1) is 25.0. The minimum Gasteiger partial charge on any atom is -0.457 e. The molecular formula is C22H31N5O5. The van der Waals surface area contributed by atoms with E-state index >= 15 is 0 Å². The minimum absolute atomic E-state index is 0.121. The maximum absolute atomic E-state index is 12.3. The van der Waals surface area contributed by atoms with Crippen LogP contribution in [0.3, 0.4) is 0 Å². The Morgan fingerprint density at radius 3 is 2.25 bits per heavy atom. The van der Waals surface area contributed by atoms with E-state index in [2.05, 4.69) is 10.1 Å².